The van der Waals surface area contributed by atoms with Gasteiger partial charge in [0.1, 0.15) is 0 Å². The molecule has 1 heterocycles. The number of rotatable bonds is 4. The molecule has 0 spiro atoms. The molecule has 1 fully saturated rings. The molecule has 6 heteroatoms. The minimum atomic E-state index is -3.34. The van der Waals surface area contributed by atoms with Crippen LogP contribution < -0.4 is 5.32 Å². The summed E-state index contributed by atoms with van der Waals surface area (Å²) >= 11 is 3.31. The standard InChI is InChI=1S/C12H17BrN2O2S/c1-14-8-10-5-6-15(9-10)18(16,17)12-4-2-3-11(13)7-12/h2-4,7,10,14H,5-6,8-9H2,1H3/t10-/m0/s1. The topological polar surface area (TPSA) is 49.4 Å². The van der Waals surface area contributed by atoms with Crippen LogP contribution in [0.4, 0.5) is 0 Å². The molecule has 0 radical (unpaired) electrons. The predicted molar refractivity (Wildman–Crippen MR) is 74.9 cm³/mol. The summed E-state index contributed by atoms with van der Waals surface area (Å²) in [5, 5.41) is 3.10. The van der Waals surface area contributed by atoms with E-state index in [4.69, 9.17) is 0 Å². The van der Waals surface area contributed by atoms with Crippen LogP contribution in [0.2, 0.25) is 0 Å². The fraction of sp³-hybridized carbons (Fsp3) is 0.500. The summed E-state index contributed by atoms with van der Waals surface area (Å²) in [6.45, 7) is 2.08. The summed E-state index contributed by atoms with van der Waals surface area (Å²) < 4.78 is 27.2. The molecule has 18 heavy (non-hydrogen) atoms. The average molecular weight is 333 g/mol. The van der Waals surface area contributed by atoms with Crippen molar-refractivity contribution in [1.29, 1.82) is 0 Å². The lowest BCUT2D eigenvalue weighted by atomic mass is 10.1. The van der Waals surface area contributed by atoms with Gasteiger partial charge in [-0.2, -0.15) is 4.31 Å². The highest BCUT2D eigenvalue weighted by atomic mass is 79.9. The molecule has 4 nitrogen and oxygen atoms in total. The maximum atomic E-state index is 12.4. The zero-order valence-corrected chi connectivity index (χ0v) is 12.7. The number of sulfonamides is 1. The summed E-state index contributed by atoms with van der Waals surface area (Å²) in [7, 11) is -1.44. The number of benzene rings is 1. The predicted octanol–water partition coefficient (Wildman–Crippen LogP) is 1.68. The van der Waals surface area contributed by atoms with Crippen molar-refractivity contribution in [2.24, 2.45) is 5.92 Å². The summed E-state index contributed by atoms with van der Waals surface area (Å²) in [5.74, 6) is 0.414. The molecule has 1 saturated heterocycles. The van der Waals surface area contributed by atoms with Crippen molar-refractivity contribution in [3.05, 3.63) is 28.7 Å². The molecular weight excluding hydrogens is 316 g/mol. The fourth-order valence-electron chi connectivity index (χ4n) is 2.25. The van der Waals surface area contributed by atoms with E-state index >= 15 is 0 Å². The molecule has 0 saturated carbocycles. The quantitative estimate of drug-likeness (QED) is 0.912. The highest BCUT2D eigenvalue weighted by Gasteiger charge is 2.32. The van der Waals surface area contributed by atoms with Gasteiger partial charge in [-0.3, -0.25) is 0 Å². The molecule has 1 N–H and O–H groups in total. The van der Waals surface area contributed by atoms with E-state index in [-0.39, 0.29) is 0 Å². The van der Waals surface area contributed by atoms with Crippen molar-refractivity contribution in [3.63, 3.8) is 0 Å². The van der Waals surface area contributed by atoms with Gasteiger partial charge in [0.15, 0.2) is 0 Å². The van der Waals surface area contributed by atoms with Gasteiger partial charge < -0.3 is 5.32 Å². The molecule has 1 atom stereocenters. The van der Waals surface area contributed by atoms with Crippen molar-refractivity contribution in [1.82, 2.24) is 9.62 Å². The Labute approximate surface area is 117 Å². The first-order chi connectivity index (χ1) is 8.54. The van der Waals surface area contributed by atoms with Crippen LogP contribution in [-0.2, 0) is 10.0 Å². The van der Waals surface area contributed by atoms with E-state index < -0.39 is 10.0 Å². The van der Waals surface area contributed by atoms with Crippen molar-refractivity contribution in [3.8, 4) is 0 Å². The Morgan fingerprint density at radius 1 is 1.50 bits per heavy atom. The highest BCUT2D eigenvalue weighted by Crippen LogP contribution is 2.25. The highest BCUT2D eigenvalue weighted by molar-refractivity contribution is 9.10. The molecule has 0 aliphatic carbocycles. The molecular formula is C12H17BrN2O2S. The van der Waals surface area contributed by atoms with E-state index in [1.54, 1.807) is 22.5 Å². The van der Waals surface area contributed by atoms with E-state index in [1.807, 2.05) is 13.1 Å². The SMILES string of the molecule is CNC[C@@H]1CCN(S(=O)(=O)c2cccc(Br)c2)C1. The molecule has 0 amide bonds. The molecule has 1 aliphatic rings. The first-order valence-electron chi connectivity index (χ1n) is 5.94. The zero-order chi connectivity index (χ0) is 13.2. The molecule has 1 aromatic carbocycles. The van der Waals surface area contributed by atoms with Gasteiger partial charge in [0.05, 0.1) is 4.90 Å². The third-order valence-electron chi connectivity index (χ3n) is 3.18. The van der Waals surface area contributed by atoms with Gasteiger partial charge in [0.25, 0.3) is 0 Å². The third kappa shape index (κ3) is 2.93. The number of hydrogen-bond acceptors (Lipinski definition) is 3. The van der Waals surface area contributed by atoms with E-state index in [1.165, 1.54) is 0 Å². The van der Waals surface area contributed by atoms with Crippen LogP contribution in [0.3, 0.4) is 0 Å². The lowest BCUT2D eigenvalue weighted by Gasteiger charge is -2.16. The Morgan fingerprint density at radius 2 is 2.28 bits per heavy atom. The Bertz CT molecular complexity index is 519. The zero-order valence-electron chi connectivity index (χ0n) is 10.3. The maximum absolute atomic E-state index is 12.4. The Morgan fingerprint density at radius 3 is 2.94 bits per heavy atom. The van der Waals surface area contributed by atoms with Gasteiger partial charge in [-0.25, -0.2) is 8.42 Å². The third-order valence-corrected chi connectivity index (χ3v) is 5.53. The molecule has 0 aromatic heterocycles. The first-order valence-corrected chi connectivity index (χ1v) is 8.17. The van der Waals surface area contributed by atoms with E-state index in [0.717, 1.165) is 17.4 Å². The first kappa shape index (κ1) is 14.0. The second-order valence-corrected chi connectivity index (χ2v) is 7.39. The Kier molecular flexibility index (Phi) is 4.42. The minimum Gasteiger partial charge on any atom is -0.319 e. The number of nitrogens with one attached hydrogen (secondary N) is 1. The van der Waals surface area contributed by atoms with Gasteiger partial charge in [-0.05, 0) is 44.1 Å². The molecule has 1 aromatic rings. The van der Waals surface area contributed by atoms with Crippen molar-refractivity contribution >= 4 is 26.0 Å². The van der Waals surface area contributed by atoms with E-state index in [0.29, 0.717) is 23.9 Å². The number of halogens is 1. The van der Waals surface area contributed by atoms with Crippen LogP contribution in [0.15, 0.2) is 33.6 Å². The van der Waals surface area contributed by atoms with E-state index in [9.17, 15) is 8.42 Å². The molecule has 100 valence electrons. The lowest BCUT2D eigenvalue weighted by Crippen LogP contribution is -2.30. The van der Waals surface area contributed by atoms with Crippen LogP contribution in [0.5, 0.6) is 0 Å². The monoisotopic (exact) mass is 332 g/mol. The molecule has 0 bridgehead atoms. The van der Waals surface area contributed by atoms with Crippen LogP contribution >= 0.6 is 15.9 Å². The maximum Gasteiger partial charge on any atom is 0.243 e. The van der Waals surface area contributed by atoms with Gasteiger partial charge in [-0.15, -0.1) is 0 Å². The summed E-state index contributed by atoms with van der Waals surface area (Å²) in [6, 6.07) is 6.87. The lowest BCUT2D eigenvalue weighted by molar-refractivity contribution is 0.451. The second kappa shape index (κ2) is 5.69. The van der Waals surface area contributed by atoms with Gasteiger partial charge in [-0.1, -0.05) is 22.0 Å². The van der Waals surface area contributed by atoms with Crippen molar-refractivity contribution in [2.45, 2.75) is 11.3 Å². The van der Waals surface area contributed by atoms with Crippen LogP contribution in [0.25, 0.3) is 0 Å². The molecule has 1 aliphatic heterocycles. The van der Waals surface area contributed by atoms with Crippen molar-refractivity contribution in [2.75, 3.05) is 26.7 Å². The molecule has 2 rings (SSSR count). The van der Waals surface area contributed by atoms with Gasteiger partial charge in [0.2, 0.25) is 10.0 Å². The Balaban J connectivity index is 2.18. The minimum absolute atomic E-state index is 0.363. The van der Waals surface area contributed by atoms with Crippen LogP contribution in [0.1, 0.15) is 6.42 Å². The number of hydrogen-bond donors (Lipinski definition) is 1. The number of nitrogens with zero attached hydrogens (tertiary/aromatic N) is 1. The van der Waals surface area contributed by atoms with Gasteiger partial charge in [0, 0.05) is 17.6 Å². The molecule has 0 unspecified atom stereocenters. The fourth-order valence-corrected chi connectivity index (χ4v) is 4.38. The summed E-state index contributed by atoms with van der Waals surface area (Å²) in [5.41, 5.74) is 0. The Hall–Kier alpha value is -0.430. The van der Waals surface area contributed by atoms with E-state index in [2.05, 4.69) is 21.2 Å². The average Bonchev–Trinajstić information content (AvgIpc) is 2.79. The second-order valence-electron chi connectivity index (χ2n) is 4.53. The van der Waals surface area contributed by atoms with Crippen LogP contribution in [0, 0.1) is 5.92 Å². The largest absolute Gasteiger partial charge is 0.319 e. The smallest absolute Gasteiger partial charge is 0.243 e. The summed E-state index contributed by atoms with van der Waals surface area (Å²) in [6.07, 6.45) is 0.925. The van der Waals surface area contributed by atoms with Gasteiger partial charge >= 0.3 is 0 Å². The summed E-state index contributed by atoms with van der Waals surface area (Å²) in [4.78, 5) is 0.363. The van der Waals surface area contributed by atoms with Crippen LogP contribution in [-0.4, -0.2) is 39.4 Å². The van der Waals surface area contributed by atoms with Crippen molar-refractivity contribution < 1.29 is 8.42 Å². The normalized spacial score (nSPS) is 21.3.